The number of halogens is 1. The van der Waals surface area contributed by atoms with E-state index in [0.717, 1.165) is 0 Å². The highest BCUT2D eigenvalue weighted by molar-refractivity contribution is 7.90. The molecule has 0 aliphatic carbocycles. The molecule has 2 N–H and O–H groups in total. The molecule has 0 bridgehead atoms. The number of aliphatic imine (C=N–C) groups is 2. The maximum absolute atomic E-state index is 12.2. The summed E-state index contributed by atoms with van der Waals surface area (Å²) in [5.41, 5.74) is 0. The van der Waals surface area contributed by atoms with E-state index in [9.17, 15) is 13.2 Å². The fourth-order valence-corrected chi connectivity index (χ4v) is 3.19. The number of hydrogen-bond donors (Lipinski definition) is 2. The van der Waals surface area contributed by atoms with Gasteiger partial charge in [-0.15, -0.1) is 0 Å². The predicted molar refractivity (Wildman–Crippen MR) is 84.8 cm³/mol. The highest BCUT2D eigenvalue weighted by Gasteiger charge is 2.25. The number of urea groups is 1. The zero-order chi connectivity index (χ0) is 17.0. The second-order valence-corrected chi connectivity index (χ2v) is 6.43. The van der Waals surface area contributed by atoms with E-state index in [2.05, 4.69) is 15.3 Å². The fraction of sp³-hybridized carbons (Fsp3) is 0.250. The van der Waals surface area contributed by atoms with Crippen molar-refractivity contribution in [3.63, 3.8) is 0 Å². The van der Waals surface area contributed by atoms with Crippen LogP contribution in [0.15, 0.2) is 39.1 Å². The summed E-state index contributed by atoms with van der Waals surface area (Å²) in [7, 11) is -1.12. The van der Waals surface area contributed by atoms with E-state index >= 15 is 0 Å². The van der Waals surface area contributed by atoms with Crippen molar-refractivity contribution in [2.45, 2.75) is 11.2 Å². The molecule has 2 rings (SSSR count). The Balaban J connectivity index is 2.07. The lowest BCUT2D eigenvalue weighted by Crippen LogP contribution is -2.53. The first-order valence-electron chi connectivity index (χ1n) is 6.29. The van der Waals surface area contributed by atoms with Gasteiger partial charge in [0.25, 0.3) is 16.0 Å². The number of benzene rings is 1. The minimum Gasteiger partial charge on any atom is -0.468 e. The first-order chi connectivity index (χ1) is 10.8. The van der Waals surface area contributed by atoms with Crippen LogP contribution in [-0.4, -0.2) is 52.2 Å². The van der Waals surface area contributed by atoms with E-state index in [4.69, 9.17) is 16.3 Å². The molecule has 0 radical (unpaired) electrons. The molecule has 11 heteroatoms. The summed E-state index contributed by atoms with van der Waals surface area (Å²) in [5.74, 6) is 0. The Kier molecular flexibility index (Phi) is 5.06. The number of nitrogens with one attached hydrogen (secondary N) is 2. The molecule has 23 heavy (non-hydrogen) atoms. The molecule has 1 atom stereocenters. The fourth-order valence-electron chi connectivity index (χ4n) is 1.76. The van der Waals surface area contributed by atoms with Crippen molar-refractivity contribution in [2.75, 3.05) is 14.2 Å². The summed E-state index contributed by atoms with van der Waals surface area (Å²) in [4.78, 5) is 20.9. The number of ether oxygens (including phenoxy) is 1. The van der Waals surface area contributed by atoms with Crippen molar-refractivity contribution in [3.05, 3.63) is 29.3 Å². The maximum atomic E-state index is 12.2. The summed E-state index contributed by atoms with van der Waals surface area (Å²) >= 11 is 5.83. The van der Waals surface area contributed by atoms with Gasteiger partial charge < -0.3 is 4.74 Å². The molecular formula is C12H14ClN5O4S. The summed E-state index contributed by atoms with van der Waals surface area (Å²) in [6.07, 6.45) is 0.343. The van der Waals surface area contributed by atoms with Crippen LogP contribution in [0.2, 0.25) is 5.02 Å². The number of carbonyl (C=O) groups is 1. The van der Waals surface area contributed by atoms with Gasteiger partial charge in [-0.25, -0.2) is 22.9 Å². The number of amidine groups is 1. The van der Waals surface area contributed by atoms with Crippen LogP contribution in [0.4, 0.5) is 4.79 Å². The number of sulfonamides is 1. The molecule has 0 fully saturated rings. The number of amides is 2. The molecule has 0 spiro atoms. The Labute approximate surface area is 138 Å². The molecule has 1 aliphatic heterocycles. The molecule has 1 aromatic rings. The van der Waals surface area contributed by atoms with E-state index in [1.54, 1.807) is 13.1 Å². The van der Waals surface area contributed by atoms with Crippen molar-refractivity contribution in [1.82, 2.24) is 14.9 Å². The highest BCUT2D eigenvalue weighted by atomic mass is 35.5. The second kappa shape index (κ2) is 6.84. The molecule has 1 heterocycles. The van der Waals surface area contributed by atoms with Crippen molar-refractivity contribution in [2.24, 2.45) is 9.98 Å². The van der Waals surface area contributed by atoms with Gasteiger partial charge in [0.15, 0.2) is 0 Å². The summed E-state index contributed by atoms with van der Waals surface area (Å²) in [6.45, 7) is 0. The molecule has 0 saturated carbocycles. The number of carbonyl (C=O) groups excluding carboxylic acids is 1. The third-order valence-electron chi connectivity index (χ3n) is 2.84. The van der Waals surface area contributed by atoms with Crippen LogP contribution in [-0.2, 0) is 14.8 Å². The molecule has 9 nitrogen and oxygen atoms in total. The molecule has 1 aromatic carbocycles. The minimum absolute atomic E-state index is 0.00871. The van der Waals surface area contributed by atoms with Crippen molar-refractivity contribution < 1.29 is 17.9 Å². The monoisotopic (exact) mass is 359 g/mol. The molecule has 1 unspecified atom stereocenters. The van der Waals surface area contributed by atoms with E-state index in [-0.39, 0.29) is 15.9 Å². The zero-order valence-electron chi connectivity index (χ0n) is 12.2. The van der Waals surface area contributed by atoms with Gasteiger partial charge in [-0.05, 0) is 12.1 Å². The van der Waals surface area contributed by atoms with Crippen molar-refractivity contribution >= 4 is 40.0 Å². The number of hydrogen-bond acceptors (Lipinski definition) is 7. The lowest BCUT2D eigenvalue weighted by atomic mass is 10.4. The quantitative estimate of drug-likeness (QED) is 0.820. The van der Waals surface area contributed by atoms with E-state index < -0.39 is 22.3 Å². The van der Waals surface area contributed by atoms with Gasteiger partial charge in [-0.1, -0.05) is 23.7 Å². The van der Waals surface area contributed by atoms with Gasteiger partial charge in [-0.3, -0.25) is 10.2 Å². The maximum Gasteiger partial charge on any atom is 0.331 e. The first-order valence-corrected chi connectivity index (χ1v) is 8.15. The molecular weight excluding hydrogens is 346 g/mol. The van der Waals surface area contributed by atoms with Gasteiger partial charge in [0.2, 0.25) is 6.29 Å². The van der Waals surface area contributed by atoms with E-state index in [0.29, 0.717) is 0 Å². The summed E-state index contributed by atoms with van der Waals surface area (Å²) < 4.78 is 31.1. The SMILES string of the molecule is COC1=NC=NC(NC(=O)NS(=O)(=O)c2ccccc2Cl)N1C. The van der Waals surface area contributed by atoms with E-state index in [1.165, 1.54) is 36.5 Å². The lowest BCUT2D eigenvalue weighted by molar-refractivity contribution is 0.214. The predicted octanol–water partition coefficient (Wildman–Crippen LogP) is 0.588. The summed E-state index contributed by atoms with van der Waals surface area (Å²) in [6, 6.07) is 5.04. The first kappa shape index (κ1) is 17.0. The largest absolute Gasteiger partial charge is 0.468 e. The number of methoxy groups -OCH3 is 1. The standard InChI is InChI=1S/C12H14ClN5O4S/c1-18-10(14-7-15-12(18)22-2)16-11(19)17-23(20,21)9-6-4-3-5-8(9)13/h3-7,10H,1-2H3,(H2,16,17,19). The average molecular weight is 360 g/mol. The third-order valence-corrected chi connectivity index (χ3v) is 4.67. The minimum atomic E-state index is -4.10. The molecule has 0 aromatic heterocycles. The Morgan fingerprint density at radius 2 is 2.09 bits per heavy atom. The smallest absolute Gasteiger partial charge is 0.331 e. The third kappa shape index (κ3) is 3.90. The van der Waals surface area contributed by atoms with Crippen LogP contribution >= 0.6 is 11.6 Å². The molecule has 2 amide bonds. The lowest BCUT2D eigenvalue weighted by Gasteiger charge is -2.28. The van der Waals surface area contributed by atoms with Gasteiger partial charge in [0.1, 0.15) is 11.2 Å². The van der Waals surface area contributed by atoms with Crippen LogP contribution in [0.1, 0.15) is 0 Å². The van der Waals surface area contributed by atoms with E-state index in [1.807, 2.05) is 4.72 Å². The van der Waals surface area contributed by atoms with Crippen LogP contribution in [0, 0.1) is 0 Å². The van der Waals surface area contributed by atoms with Crippen LogP contribution in [0.3, 0.4) is 0 Å². The van der Waals surface area contributed by atoms with Gasteiger partial charge >= 0.3 is 6.03 Å². The molecule has 1 aliphatic rings. The second-order valence-electron chi connectivity index (χ2n) is 4.37. The van der Waals surface area contributed by atoms with Gasteiger partial charge in [0, 0.05) is 7.05 Å². The highest BCUT2D eigenvalue weighted by Crippen LogP contribution is 2.20. The number of rotatable bonds is 3. The normalized spacial score (nSPS) is 17.4. The van der Waals surface area contributed by atoms with Crippen LogP contribution < -0.4 is 10.0 Å². The van der Waals surface area contributed by atoms with Gasteiger partial charge in [-0.2, -0.15) is 4.99 Å². The Bertz CT molecular complexity index is 764. The Morgan fingerprint density at radius 3 is 2.74 bits per heavy atom. The van der Waals surface area contributed by atoms with Crippen LogP contribution in [0.25, 0.3) is 0 Å². The Hall–Kier alpha value is -2.33. The molecule has 0 saturated heterocycles. The van der Waals surface area contributed by atoms with Crippen LogP contribution in [0.5, 0.6) is 0 Å². The summed E-state index contributed by atoms with van der Waals surface area (Å²) in [5, 5.41) is 2.38. The topological polar surface area (TPSA) is 112 Å². The van der Waals surface area contributed by atoms with Crippen molar-refractivity contribution in [3.8, 4) is 0 Å². The number of nitrogens with zero attached hydrogens (tertiary/aromatic N) is 3. The average Bonchev–Trinajstić information content (AvgIpc) is 2.49. The van der Waals surface area contributed by atoms with Gasteiger partial charge in [0.05, 0.1) is 12.1 Å². The van der Waals surface area contributed by atoms with Crippen molar-refractivity contribution in [1.29, 1.82) is 0 Å². The molecule has 124 valence electrons. The Morgan fingerprint density at radius 1 is 1.39 bits per heavy atom. The zero-order valence-corrected chi connectivity index (χ0v) is 13.8.